The van der Waals surface area contributed by atoms with E-state index in [9.17, 15) is 14.7 Å². The summed E-state index contributed by atoms with van der Waals surface area (Å²) in [6.45, 7) is 3.43. The predicted octanol–water partition coefficient (Wildman–Crippen LogP) is 1.97. The third-order valence-electron chi connectivity index (χ3n) is 4.81. The first-order valence-corrected chi connectivity index (χ1v) is 10.5. The average molecular weight is 488 g/mol. The van der Waals surface area contributed by atoms with Gasteiger partial charge in [-0.3, -0.25) is 4.79 Å². The van der Waals surface area contributed by atoms with E-state index in [2.05, 4.69) is 20.9 Å². The van der Waals surface area contributed by atoms with Crippen LogP contribution in [0.25, 0.3) is 22.1 Å². The van der Waals surface area contributed by atoms with Crippen molar-refractivity contribution in [1.29, 1.82) is 0 Å². The number of nitrogens with zero attached hydrogens (tertiary/aromatic N) is 2. The Morgan fingerprint density at radius 1 is 1.30 bits per heavy atom. The fourth-order valence-corrected chi connectivity index (χ4v) is 4.74. The SMILES string of the molecule is COc1cc(/C=c2\sc3nc4c(Br)c(C)c(C)cc4n3c2=O)ccc1OCC(=O)[O-]. The molecular weight excluding hydrogens is 472 g/mol. The minimum Gasteiger partial charge on any atom is -0.546 e. The normalized spacial score (nSPS) is 12.1. The van der Waals surface area contributed by atoms with Gasteiger partial charge < -0.3 is 19.4 Å². The molecule has 2 aromatic carbocycles. The number of aryl methyl sites for hydroxylation is 1. The van der Waals surface area contributed by atoms with Crippen LogP contribution < -0.4 is 24.7 Å². The Morgan fingerprint density at radius 3 is 2.77 bits per heavy atom. The molecule has 7 nitrogen and oxygen atoms in total. The molecule has 0 unspecified atom stereocenters. The molecular formula is C21H16BrN2O5S-. The summed E-state index contributed by atoms with van der Waals surface area (Å²) in [6, 6.07) is 6.96. The van der Waals surface area contributed by atoms with E-state index in [4.69, 9.17) is 9.47 Å². The van der Waals surface area contributed by atoms with Gasteiger partial charge in [0.25, 0.3) is 5.56 Å². The largest absolute Gasteiger partial charge is 0.546 e. The number of carboxylic acids is 1. The second kappa shape index (κ2) is 7.73. The molecule has 0 N–H and O–H groups in total. The molecule has 2 heterocycles. The van der Waals surface area contributed by atoms with Crippen LogP contribution in [0.3, 0.4) is 0 Å². The zero-order valence-corrected chi connectivity index (χ0v) is 18.7. The Labute approximate surface area is 183 Å². The zero-order chi connectivity index (χ0) is 21.6. The summed E-state index contributed by atoms with van der Waals surface area (Å²) in [7, 11) is 1.46. The minimum atomic E-state index is -1.32. The molecule has 0 radical (unpaired) electrons. The van der Waals surface area contributed by atoms with Crippen molar-refractivity contribution in [3.8, 4) is 11.5 Å². The van der Waals surface area contributed by atoms with Crippen LogP contribution in [0.1, 0.15) is 16.7 Å². The fourth-order valence-electron chi connectivity index (χ4n) is 3.16. The lowest BCUT2D eigenvalue weighted by Gasteiger charge is -2.11. The number of aromatic nitrogens is 2. The number of hydrogen-bond donors (Lipinski definition) is 0. The van der Waals surface area contributed by atoms with E-state index in [-0.39, 0.29) is 11.3 Å². The van der Waals surface area contributed by atoms with Gasteiger partial charge in [-0.25, -0.2) is 9.38 Å². The van der Waals surface area contributed by atoms with Gasteiger partial charge in [-0.15, -0.1) is 0 Å². The van der Waals surface area contributed by atoms with Crippen LogP contribution >= 0.6 is 27.3 Å². The monoisotopic (exact) mass is 487 g/mol. The highest BCUT2D eigenvalue weighted by Crippen LogP contribution is 2.31. The first kappa shape index (κ1) is 20.4. The van der Waals surface area contributed by atoms with Crippen LogP contribution in [-0.2, 0) is 4.79 Å². The van der Waals surface area contributed by atoms with E-state index in [1.165, 1.54) is 18.4 Å². The van der Waals surface area contributed by atoms with Gasteiger partial charge in [0.15, 0.2) is 16.5 Å². The Bertz CT molecular complexity index is 1420. The van der Waals surface area contributed by atoms with E-state index in [0.717, 1.165) is 26.6 Å². The smallest absolute Gasteiger partial charge is 0.274 e. The van der Waals surface area contributed by atoms with Crippen LogP contribution in [0, 0.1) is 13.8 Å². The highest BCUT2D eigenvalue weighted by atomic mass is 79.9. The van der Waals surface area contributed by atoms with Gasteiger partial charge in [-0.1, -0.05) is 17.4 Å². The first-order valence-electron chi connectivity index (χ1n) is 8.93. The molecule has 0 aliphatic rings. The van der Waals surface area contributed by atoms with Gasteiger partial charge in [-0.2, -0.15) is 0 Å². The number of halogens is 1. The van der Waals surface area contributed by atoms with Crippen molar-refractivity contribution in [3.63, 3.8) is 0 Å². The summed E-state index contributed by atoms with van der Waals surface area (Å²) >= 11 is 4.89. The van der Waals surface area contributed by atoms with Gasteiger partial charge in [0, 0.05) is 4.47 Å². The molecule has 0 fully saturated rings. The number of rotatable bonds is 5. The predicted molar refractivity (Wildman–Crippen MR) is 116 cm³/mol. The molecule has 0 atom stereocenters. The number of carbonyl (C=O) groups is 1. The number of benzene rings is 2. The lowest BCUT2D eigenvalue weighted by Crippen LogP contribution is -2.29. The van der Waals surface area contributed by atoms with Gasteiger partial charge >= 0.3 is 0 Å². The van der Waals surface area contributed by atoms with Crippen molar-refractivity contribution in [3.05, 3.63) is 60.3 Å². The van der Waals surface area contributed by atoms with E-state index in [1.54, 1.807) is 28.7 Å². The Hall–Kier alpha value is -2.91. The van der Waals surface area contributed by atoms with Crippen molar-refractivity contribution < 1.29 is 19.4 Å². The lowest BCUT2D eigenvalue weighted by atomic mass is 10.1. The van der Waals surface area contributed by atoms with Crippen LogP contribution in [0.15, 0.2) is 33.5 Å². The van der Waals surface area contributed by atoms with Crippen molar-refractivity contribution in [2.24, 2.45) is 0 Å². The van der Waals surface area contributed by atoms with E-state index in [1.807, 2.05) is 19.9 Å². The van der Waals surface area contributed by atoms with Crippen molar-refractivity contribution >= 4 is 55.3 Å². The third-order valence-corrected chi connectivity index (χ3v) is 6.75. The maximum atomic E-state index is 13.1. The number of ether oxygens (including phenoxy) is 2. The molecule has 0 bridgehead atoms. The van der Waals surface area contributed by atoms with Crippen LogP contribution in [0.5, 0.6) is 11.5 Å². The van der Waals surface area contributed by atoms with Crippen LogP contribution in [0.4, 0.5) is 0 Å². The molecule has 30 heavy (non-hydrogen) atoms. The summed E-state index contributed by atoms with van der Waals surface area (Å²) in [5.74, 6) is -0.682. The number of thiazole rings is 1. The average Bonchev–Trinajstić information content (AvgIpc) is 3.22. The van der Waals surface area contributed by atoms with Gasteiger partial charge in [0.2, 0.25) is 0 Å². The molecule has 4 aromatic rings. The quantitative estimate of drug-likeness (QED) is 0.427. The number of methoxy groups -OCH3 is 1. The first-order chi connectivity index (χ1) is 14.3. The third kappa shape index (κ3) is 3.44. The summed E-state index contributed by atoms with van der Waals surface area (Å²) in [4.78, 5) is 28.9. The van der Waals surface area contributed by atoms with Gasteiger partial charge in [-0.05, 0) is 70.7 Å². The molecule has 154 valence electrons. The lowest BCUT2D eigenvalue weighted by molar-refractivity contribution is -0.307. The Balaban J connectivity index is 1.83. The molecule has 0 amide bonds. The molecule has 9 heteroatoms. The fraction of sp³-hybridized carbons (Fsp3) is 0.190. The maximum Gasteiger partial charge on any atom is 0.274 e. The highest BCUT2D eigenvalue weighted by Gasteiger charge is 2.16. The molecule has 2 aromatic heterocycles. The van der Waals surface area contributed by atoms with Crippen LogP contribution in [0.2, 0.25) is 0 Å². The summed E-state index contributed by atoms with van der Waals surface area (Å²) in [5.41, 5.74) is 4.27. The maximum absolute atomic E-state index is 13.1. The Kier molecular flexibility index (Phi) is 5.25. The molecule has 0 aliphatic carbocycles. The van der Waals surface area contributed by atoms with Gasteiger partial charge in [0.05, 0.1) is 23.1 Å². The second-order valence-electron chi connectivity index (χ2n) is 6.72. The summed E-state index contributed by atoms with van der Waals surface area (Å²) < 4.78 is 13.5. The van der Waals surface area contributed by atoms with Crippen LogP contribution in [-0.4, -0.2) is 29.1 Å². The van der Waals surface area contributed by atoms with E-state index in [0.29, 0.717) is 20.8 Å². The molecule has 4 rings (SSSR count). The number of imidazole rings is 1. The van der Waals surface area contributed by atoms with Crippen molar-refractivity contribution in [1.82, 2.24) is 9.38 Å². The van der Waals surface area contributed by atoms with Crippen molar-refractivity contribution in [2.45, 2.75) is 13.8 Å². The second-order valence-corrected chi connectivity index (χ2v) is 8.52. The Morgan fingerprint density at radius 2 is 2.07 bits per heavy atom. The molecule has 0 saturated carbocycles. The number of hydrogen-bond acceptors (Lipinski definition) is 7. The topological polar surface area (TPSA) is 93.0 Å². The summed E-state index contributed by atoms with van der Waals surface area (Å²) in [5, 5.41) is 10.6. The number of carboxylic acid groups (broad SMARTS) is 1. The number of aliphatic carboxylic acids is 1. The minimum absolute atomic E-state index is 0.149. The van der Waals surface area contributed by atoms with Gasteiger partial charge in [0.1, 0.15) is 12.1 Å². The standard InChI is InChI=1S/C21H17BrN2O5S/c1-10-6-13-19(18(22)11(10)2)23-21-24(13)20(27)16(30-21)8-12-4-5-14(15(7-12)28-3)29-9-17(25)26/h4-8H,9H2,1-3H3,(H,25,26)/p-1/b16-8-. The zero-order valence-electron chi connectivity index (χ0n) is 16.3. The number of carbonyl (C=O) groups excluding carboxylic acids is 1. The molecule has 0 saturated heterocycles. The number of fused-ring (bicyclic) bond motifs is 3. The molecule has 0 aliphatic heterocycles. The molecule has 0 spiro atoms. The van der Waals surface area contributed by atoms with Crippen molar-refractivity contribution in [2.75, 3.05) is 13.7 Å². The van der Waals surface area contributed by atoms with E-state index >= 15 is 0 Å². The van der Waals surface area contributed by atoms with E-state index < -0.39 is 12.6 Å². The highest BCUT2D eigenvalue weighted by molar-refractivity contribution is 9.10. The summed E-state index contributed by atoms with van der Waals surface area (Å²) in [6.07, 6.45) is 1.74.